The van der Waals surface area contributed by atoms with E-state index in [1.54, 1.807) is 0 Å². The van der Waals surface area contributed by atoms with E-state index in [2.05, 4.69) is 10.2 Å². The van der Waals surface area contributed by atoms with Crippen LogP contribution in [0.25, 0.3) is 0 Å². The van der Waals surface area contributed by atoms with Crippen LogP contribution in [0.4, 0.5) is 0 Å². The van der Waals surface area contributed by atoms with Gasteiger partial charge in [-0.25, -0.2) is 0 Å². The van der Waals surface area contributed by atoms with Gasteiger partial charge in [0.15, 0.2) is 0 Å². The zero-order valence-electron chi connectivity index (χ0n) is 15.1. The number of rotatable bonds is 7. The van der Waals surface area contributed by atoms with Crippen molar-refractivity contribution in [2.75, 3.05) is 27.2 Å². The average molecular weight is 392 g/mol. The summed E-state index contributed by atoms with van der Waals surface area (Å²) in [5, 5.41) is 3.04. The quantitative estimate of drug-likeness (QED) is 0.749. The summed E-state index contributed by atoms with van der Waals surface area (Å²) in [6.45, 7) is 2.00. The zero-order valence-corrected chi connectivity index (χ0v) is 16.7. The van der Waals surface area contributed by atoms with Crippen molar-refractivity contribution in [2.24, 2.45) is 11.7 Å². The number of halogens is 2. The van der Waals surface area contributed by atoms with Crippen LogP contribution in [-0.4, -0.2) is 44.1 Å². The fourth-order valence-corrected chi connectivity index (χ4v) is 2.92. The highest BCUT2D eigenvalue weighted by atomic mass is 35.5. The molecule has 2 atom stereocenters. The third-order valence-corrected chi connectivity index (χ3v) is 4.31. The van der Waals surface area contributed by atoms with Crippen LogP contribution >= 0.6 is 24.8 Å². The lowest BCUT2D eigenvalue weighted by atomic mass is 9.85. The predicted molar refractivity (Wildman–Crippen MR) is 107 cm³/mol. The van der Waals surface area contributed by atoms with Gasteiger partial charge < -0.3 is 20.7 Å². The van der Waals surface area contributed by atoms with Crippen molar-refractivity contribution in [3.05, 3.63) is 29.8 Å². The summed E-state index contributed by atoms with van der Waals surface area (Å²) < 4.78 is 5.83. The monoisotopic (exact) mass is 391 g/mol. The molecule has 1 aliphatic carbocycles. The maximum absolute atomic E-state index is 12.3. The minimum absolute atomic E-state index is 0. The normalized spacial score (nSPS) is 19.5. The summed E-state index contributed by atoms with van der Waals surface area (Å²) in [6.07, 6.45) is 3.82. The van der Waals surface area contributed by atoms with Crippen molar-refractivity contribution in [3.8, 4) is 5.75 Å². The maximum atomic E-state index is 12.3. The number of hydrogen-bond acceptors (Lipinski definition) is 4. The Bertz CT molecular complexity index is 515. The highest BCUT2D eigenvalue weighted by Crippen LogP contribution is 2.24. The highest BCUT2D eigenvalue weighted by molar-refractivity contribution is 5.85. The molecule has 1 fully saturated rings. The summed E-state index contributed by atoms with van der Waals surface area (Å²) in [6, 6.07) is 8.04. The van der Waals surface area contributed by atoms with Crippen LogP contribution in [0, 0.1) is 5.92 Å². The van der Waals surface area contributed by atoms with E-state index < -0.39 is 0 Å². The zero-order chi connectivity index (χ0) is 16.7. The van der Waals surface area contributed by atoms with Gasteiger partial charge in [-0.2, -0.15) is 0 Å². The van der Waals surface area contributed by atoms with Gasteiger partial charge >= 0.3 is 0 Å². The van der Waals surface area contributed by atoms with E-state index in [1.165, 1.54) is 0 Å². The fraction of sp³-hybridized carbons (Fsp3) is 0.611. The molecule has 5 nitrogen and oxygen atoms in total. The van der Waals surface area contributed by atoms with E-state index >= 15 is 0 Å². The number of likely N-dealkylation sites (N-methyl/N-ethyl adjacent to an activating group) is 1. The standard InChI is InChI=1S/C18H29N3O2.2ClH/c1-21(2)10-11-23-17-9-4-3-6-15(17)13-20-18(22)14-7-5-8-16(19)12-14;;/h3-4,6,9,14,16H,5,7-8,10-13,19H2,1-2H3,(H,20,22);2*1H. The number of amides is 1. The van der Waals surface area contributed by atoms with E-state index in [0.29, 0.717) is 13.2 Å². The minimum atomic E-state index is 0. The Labute approximate surface area is 163 Å². The molecule has 1 amide bonds. The van der Waals surface area contributed by atoms with Gasteiger partial charge in [-0.05, 0) is 39.4 Å². The van der Waals surface area contributed by atoms with Gasteiger partial charge in [-0.3, -0.25) is 4.79 Å². The Kier molecular flexibility index (Phi) is 11.9. The van der Waals surface area contributed by atoms with Crippen LogP contribution in [0.2, 0.25) is 0 Å². The molecule has 0 heterocycles. The van der Waals surface area contributed by atoms with Crippen molar-refractivity contribution < 1.29 is 9.53 Å². The Balaban J connectivity index is 0.00000288. The number of nitrogens with two attached hydrogens (primary N) is 1. The summed E-state index contributed by atoms with van der Waals surface area (Å²) in [4.78, 5) is 14.4. The molecule has 144 valence electrons. The molecule has 1 aromatic rings. The van der Waals surface area contributed by atoms with Crippen LogP contribution in [-0.2, 0) is 11.3 Å². The average Bonchev–Trinajstić information content (AvgIpc) is 2.53. The first kappa shape index (κ1) is 24.0. The lowest BCUT2D eigenvalue weighted by Crippen LogP contribution is -2.37. The van der Waals surface area contributed by atoms with E-state index in [1.807, 2.05) is 38.4 Å². The molecule has 0 spiro atoms. The Hall–Kier alpha value is -1.01. The van der Waals surface area contributed by atoms with Gasteiger partial charge in [0, 0.05) is 30.6 Å². The molecule has 2 rings (SSSR count). The molecule has 0 aromatic heterocycles. The number of carbonyl (C=O) groups is 1. The Morgan fingerprint density at radius 1 is 1.28 bits per heavy atom. The first-order chi connectivity index (χ1) is 11.1. The van der Waals surface area contributed by atoms with E-state index in [-0.39, 0.29) is 42.7 Å². The topological polar surface area (TPSA) is 67.6 Å². The first-order valence-electron chi connectivity index (χ1n) is 8.45. The molecule has 1 aliphatic rings. The van der Waals surface area contributed by atoms with Crippen molar-refractivity contribution in [1.29, 1.82) is 0 Å². The largest absolute Gasteiger partial charge is 0.492 e. The first-order valence-corrected chi connectivity index (χ1v) is 8.45. The molecule has 1 aromatic carbocycles. The van der Waals surface area contributed by atoms with E-state index in [4.69, 9.17) is 10.5 Å². The number of nitrogens with zero attached hydrogens (tertiary/aromatic N) is 1. The third kappa shape index (κ3) is 8.27. The molecule has 0 saturated heterocycles. The highest BCUT2D eigenvalue weighted by Gasteiger charge is 2.25. The van der Waals surface area contributed by atoms with Gasteiger partial charge in [-0.1, -0.05) is 24.6 Å². The van der Waals surface area contributed by atoms with E-state index in [9.17, 15) is 4.79 Å². The van der Waals surface area contributed by atoms with Gasteiger partial charge in [0.1, 0.15) is 12.4 Å². The summed E-state index contributed by atoms with van der Waals surface area (Å²) >= 11 is 0. The van der Waals surface area contributed by atoms with Crippen LogP contribution in [0.15, 0.2) is 24.3 Å². The minimum Gasteiger partial charge on any atom is -0.492 e. The molecule has 0 aliphatic heterocycles. The number of hydrogen-bond donors (Lipinski definition) is 2. The molecule has 25 heavy (non-hydrogen) atoms. The molecule has 1 saturated carbocycles. The van der Waals surface area contributed by atoms with E-state index in [0.717, 1.165) is 43.5 Å². The second-order valence-corrected chi connectivity index (χ2v) is 6.60. The maximum Gasteiger partial charge on any atom is 0.223 e. The van der Waals surface area contributed by atoms with Crippen LogP contribution in [0.3, 0.4) is 0 Å². The second kappa shape index (κ2) is 12.4. The van der Waals surface area contributed by atoms with Crippen LogP contribution in [0.1, 0.15) is 31.2 Å². The van der Waals surface area contributed by atoms with Crippen LogP contribution < -0.4 is 15.8 Å². The lowest BCUT2D eigenvalue weighted by molar-refractivity contribution is -0.126. The number of para-hydroxylation sites is 1. The third-order valence-electron chi connectivity index (χ3n) is 4.31. The summed E-state index contributed by atoms with van der Waals surface area (Å²) in [5.41, 5.74) is 6.98. The lowest BCUT2D eigenvalue weighted by Gasteiger charge is -2.25. The van der Waals surface area contributed by atoms with Crippen molar-refractivity contribution >= 4 is 30.7 Å². The summed E-state index contributed by atoms with van der Waals surface area (Å²) in [7, 11) is 4.04. The number of ether oxygens (including phenoxy) is 1. The smallest absolute Gasteiger partial charge is 0.223 e. The molecule has 3 N–H and O–H groups in total. The SMILES string of the molecule is CN(C)CCOc1ccccc1CNC(=O)C1CCCC(N)C1.Cl.Cl. The molecular formula is C18H31Cl2N3O2. The van der Waals surface area contributed by atoms with Gasteiger partial charge in [-0.15, -0.1) is 24.8 Å². The molecule has 0 bridgehead atoms. The molecule has 0 radical (unpaired) electrons. The predicted octanol–water partition coefficient (Wildman–Crippen LogP) is 2.60. The summed E-state index contributed by atoms with van der Waals surface area (Å²) in [5.74, 6) is 1.01. The van der Waals surface area contributed by atoms with Crippen molar-refractivity contribution in [2.45, 2.75) is 38.3 Å². The number of nitrogens with one attached hydrogen (secondary N) is 1. The van der Waals surface area contributed by atoms with Gasteiger partial charge in [0.05, 0.1) is 0 Å². The van der Waals surface area contributed by atoms with Crippen molar-refractivity contribution in [3.63, 3.8) is 0 Å². The Morgan fingerprint density at radius 3 is 2.68 bits per heavy atom. The van der Waals surface area contributed by atoms with Gasteiger partial charge in [0.2, 0.25) is 5.91 Å². The Morgan fingerprint density at radius 2 is 2.00 bits per heavy atom. The number of carbonyl (C=O) groups excluding carboxylic acids is 1. The molecule has 7 heteroatoms. The number of benzene rings is 1. The van der Waals surface area contributed by atoms with Crippen LogP contribution in [0.5, 0.6) is 5.75 Å². The fourth-order valence-electron chi connectivity index (χ4n) is 2.92. The molecule has 2 unspecified atom stereocenters. The molecular weight excluding hydrogens is 361 g/mol. The van der Waals surface area contributed by atoms with Gasteiger partial charge in [0.25, 0.3) is 0 Å². The second-order valence-electron chi connectivity index (χ2n) is 6.60. The van der Waals surface area contributed by atoms with Crippen molar-refractivity contribution in [1.82, 2.24) is 10.2 Å².